The molecule has 0 saturated heterocycles. The molecule has 0 unspecified atom stereocenters. The summed E-state index contributed by atoms with van der Waals surface area (Å²) in [7, 11) is 1.77. The predicted octanol–water partition coefficient (Wildman–Crippen LogP) is 2.75. The van der Waals surface area contributed by atoms with Crippen molar-refractivity contribution in [2.45, 2.75) is 32.1 Å². The highest BCUT2D eigenvalue weighted by Crippen LogP contribution is 2.26. The summed E-state index contributed by atoms with van der Waals surface area (Å²) in [6.45, 7) is 0.735. The van der Waals surface area contributed by atoms with E-state index < -0.39 is 0 Å². The van der Waals surface area contributed by atoms with Gasteiger partial charge in [-0.3, -0.25) is 4.79 Å². The molecule has 0 bridgehead atoms. The minimum atomic E-state index is -0.192. The number of aromatic hydroxyl groups is 2. The molecule has 1 aliphatic rings. The second-order valence-electron chi connectivity index (χ2n) is 5.39. The molecule has 0 heterocycles. The van der Waals surface area contributed by atoms with Gasteiger partial charge in [0.1, 0.15) is 11.5 Å². The summed E-state index contributed by atoms with van der Waals surface area (Å²) in [6, 6.07) is 4.08. The molecule has 0 atom stereocenters. The van der Waals surface area contributed by atoms with Crippen LogP contribution in [0.25, 0.3) is 0 Å². The SMILES string of the molecule is CN(CC1CCCCC1)C(=O)c1ccc(O)cc1O. The lowest BCUT2D eigenvalue weighted by Gasteiger charge is -2.27. The lowest BCUT2D eigenvalue weighted by atomic mass is 9.89. The molecule has 4 nitrogen and oxygen atoms in total. The van der Waals surface area contributed by atoms with Crippen molar-refractivity contribution in [3.05, 3.63) is 23.8 Å². The highest BCUT2D eigenvalue weighted by molar-refractivity contribution is 5.96. The van der Waals surface area contributed by atoms with Gasteiger partial charge in [-0.2, -0.15) is 0 Å². The van der Waals surface area contributed by atoms with Gasteiger partial charge in [0.15, 0.2) is 0 Å². The number of hydrogen-bond acceptors (Lipinski definition) is 3. The maximum Gasteiger partial charge on any atom is 0.257 e. The van der Waals surface area contributed by atoms with E-state index in [1.165, 1.54) is 50.3 Å². The van der Waals surface area contributed by atoms with Crippen molar-refractivity contribution in [2.75, 3.05) is 13.6 Å². The number of rotatable bonds is 3. The normalized spacial score (nSPS) is 16.3. The molecule has 19 heavy (non-hydrogen) atoms. The van der Waals surface area contributed by atoms with E-state index >= 15 is 0 Å². The molecular formula is C15H21NO3. The van der Waals surface area contributed by atoms with Crippen molar-refractivity contribution >= 4 is 5.91 Å². The smallest absolute Gasteiger partial charge is 0.257 e. The van der Waals surface area contributed by atoms with Crippen molar-refractivity contribution < 1.29 is 15.0 Å². The summed E-state index contributed by atoms with van der Waals surface area (Å²) in [6.07, 6.45) is 6.15. The van der Waals surface area contributed by atoms with E-state index in [1.54, 1.807) is 11.9 Å². The van der Waals surface area contributed by atoms with Gasteiger partial charge < -0.3 is 15.1 Å². The first-order valence-electron chi connectivity index (χ1n) is 6.85. The van der Waals surface area contributed by atoms with Gasteiger partial charge >= 0.3 is 0 Å². The third-order valence-electron chi connectivity index (χ3n) is 3.82. The van der Waals surface area contributed by atoms with Crippen molar-refractivity contribution in [3.63, 3.8) is 0 Å². The van der Waals surface area contributed by atoms with Crippen LogP contribution in [-0.2, 0) is 0 Å². The van der Waals surface area contributed by atoms with Gasteiger partial charge in [0.05, 0.1) is 5.56 Å². The molecule has 2 N–H and O–H groups in total. The predicted molar refractivity (Wildman–Crippen MR) is 73.3 cm³/mol. The first-order chi connectivity index (χ1) is 9.08. The summed E-state index contributed by atoms with van der Waals surface area (Å²) in [5, 5.41) is 18.9. The molecule has 2 rings (SSSR count). The molecule has 1 aliphatic carbocycles. The van der Waals surface area contributed by atoms with Crippen LogP contribution >= 0.6 is 0 Å². The van der Waals surface area contributed by atoms with E-state index in [1.807, 2.05) is 0 Å². The number of phenols is 2. The van der Waals surface area contributed by atoms with Crippen LogP contribution in [0.2, 0.25) is 0 Å². The third-order valence-corrected chi connectivity index (χ3v) is 3.82. The summed E-state index contributed by atoms with van der Waals surface area (Å²) in [5.74, 6) is 0.175. The van der Waals surface area contributed by atoms with Crippen LogP contribution in [0.5, 0.6) is 11.5 Å². The first kappa shape index (κ1) is 13.7. The summed E-state index contributed by atoms with van der Waals surface area (Å²) in [4.78, 5) is 13.9. The van der Waals surface area contributed by atoms with Crippen molar-refractivity contribution in [2.24, 2.45) is 5.92 Å². The van der Waals surface area contributed by atoms with Gasteiger partial charge in [-0.1, -0.05) is 19.3 Å². The van der Waals surface area contributed by atoms with E-state index in [4.69, 9.17) is 0 Å². The molecule has 104 valence electrons. The van der Waals surface area contributed by atoms with Gasteiger partial charge in [-0.05, 0) is 30.9 Å². The molecule has 1 aromatic carbocycles. The number of carbonyl (C=O) groups is 1. The molecule has 1 amide bonds. The number of nitrogens with zero attached hydrogens (tertiary/aromatic N) is 1. The zero-order chi connectivity index (χ0) is 13.8. The fourth-order valence-corrected chi connectivity index (χ4v) is 2.75. The Morgan fingerprint density at radius 1 is 1.26 bits per heavy atom. The van der Waals surface area contributed by atoms with E-state index in [0.717, 1.165) is 6.54 Å². The summed E-state index contributed by atoms with van der Waals surface area (Å²) < 4.78 is 0. The van der Waals surface area contributed by atoms with Crippen LogP contribution in [-0.4, -0.2) is 34.6 Å². The highest BCUT2D eigenvalue weighted by atomic mass is 16.3. The fourth-order valence-electron chi connectivity index (χ4n) is 2.75. The van der Waals surface area contributed by atoms with Crippen LogP contribution in [0.1, 0.15) is 42.5 Å². The topological polar surface area (TPSA) is 60.8 Å². The maximum atomic E-state index is 12.2. The zero-order valence-corrected chi connectivity index (χ0v) is 11.3. The maximum absolute atomic E-state index is 12.2. The minimum absolute atomic E-state index is 0.0380. The highest BCUT2D eigenvalue weighted by Gasteiger charge is 2.21. The van der Waals surface area contributed by atoms with Gasteiger partial charge in [0.25, 0.3) is 5.91 Å². The van der Waals surface area contributed by atoms with Gasteiger partial charge in [-0.25, -0.2) is 0 Å². The number of carbonyl (C=O) groups excluding carboxylic acids is 1. The van der Waals surface area contributed by atoms with E-state index in [2.05, 4.69) is 0 Å². The van der Waals surface area contributed by atoms with E-state index in [9.17, 15) is 15.0 Å². The molecule has 0 aromatic heterocycles. The Bertz CT molecular complexity index is 453. The number of phenolic OH excluding ortho intramolecular Hbond substituents is 2. The Hall–Kier alpha value is -1.71. The molecule has 1 aromatic rings. The lowest BCUT2D eigenvalue weighted by molar-refractivity contribution is 0.0757. The molecule has 1 fully saturated rings. The quantitative estimate of drug-likeness (QED) is 0.881. The number of amides is 1. The van der Waals surface area contributed by atoms with E-state index in [-0.39, 0.29) is 23.0 Å². The van der Waals surface area contributed by atoms with Gasteiger partial charge in [0.2, 0.25) is 0 Å². The fraction of sp³-hybridized carbons (Fsp3) is 0.533. The van der Waals surface area contributed by atoms with Crippen molar-refractivity contribution in [1.29, 1.82) is 0 Å². The van der Waals surface area contributed by atoms with Crippen LogP contribution < -0.4 is 0 Å². The Morgan fingerprint density at radius 3 is 2.58 bits per heavy atom. The average molecular weight is 263 g/mol. The molecule has 4 heteroatoms. The van der Waals surface area contributed by atoms with Crippen LogP contribution in [0.3, 0.4) is 0 Å². The third kappa shape index (κ3) is 3.40. The van der Waals surface area contributed by atoms with E-state index in [0.29, 0.717) is 5.92 Å². The van der Waals surface area contributed by atoms with Crippen molar-refractivity contribution in [1.82, 2.24) is 4.90 Å². The van der Waals surface area contributed by atoms with Gasteiger partial charge in [0, 0.05) is 19.7 Å². The number of hydrogen-bond donors (Lipinski definition) is 2. The molecular weight excluding hydrogens is 242 g/mol. The Balaban J connectivity index is 2.01. The Kier molecular flexibility index (Phi) is 4.30. The zero-order valence-electron chi connectivity index (χ0n) is 11.3. The lowest BCUT2D eigenvalue weighted by Crippen LogP contribution is -2.32. The molecule has 0 spiro atoms. The molecule has 1 saturated carbocycles. The second kappa shape index (κ2) is 5.95. The largest absolute Gasteiger partial charge is 0.508 e. The van der Waals surface area contributed by atoms with Crippen LogP contribution in [0.4, 0.5) is 0 Å². The first-order valence-corrected chi connectivity index (χ1v) is 6.85. The van der Waals surface area contributed by atoms with Crippen molar-refractivity contribution in [3.8, 4) is 11.5 Å². The Morgan fingerprint density at radius 2 is 1.95 bits per heavy atom. The van der Waals surface area contributed by atoms with Crippen LogP contribution in [0, 0.1) is 5.92 Å². The van der Waals surface area contributed by atoms with Crippen LogP contribution in [0.15, 0.2) is 18.2 Å². The minimum Gasteiger partial charge on any atom is -0.508 e. The second-order valence-corrected chi connectivity index (χ2v) is 5.39. The average Bonchev–Trinajstić information content (AvgIpc) is 2.39. The molecule has 0 radical (unpaired) electrons. The number of benzene rings is 1. The van der Waals surface area contributed by atoms with Gasteiger partial charge in [-0.15, -0.1) is 0 Å². The summed E-state index contributed by atoms with van der Waals surface area (Å²) >= 11 is 0. The molecule has 0 aliphatic heterocycles. The monoisotopic (exact) mass is 263 g/mol. The summed E-state index contributed by atoms with van der Waals surface area (Å²) in [5.41, 5.74) is 0.246. The Labute approximate surface area is 113 Å². The standard InChI is InChI=1S/C15H21NO3/c1-16(10-11-5-3-2-4-6-11)15(19)13-8-7-12(17)9-14(13)18/h7-9,11,17-18H,2-6,10H2,1H3.